The molecule has 0 aromatic heterocycles. The van der Waals surface area contributed by atoms with Crippen LogP contribution in [-0.4, -0.2) is 20.1 Å². The van der Waals surface area contributed by atoms with E-state index in [0.717, 1.165) is 78.3 Å². The van der Waals surface area contributed by atoms with E-state index in [1.807, 2.05) is 211 Å². The Bertz CT molecular complexity index is 5630. The van der Waals surface area contributed by atoms with Crippen molar-refractivity contribution in [1.82, 2.24) is 0 Å². The second-order valence-electron chi connectivity index (χ2n) is 27.1. The molecular weight excluding hydrogens is 1320 g/mol. The fourth-order valence-corrected chi connectivity index (χ4v) is 16.9. The molecule has 9 nitrogen and oxygen atoms in total. The average Bonchev–Trinajstić information content (AvgIpc) is 0.681. The number of rotatable bonds is 11. The number of hydrogen-bond donors (Lipinski definition) is 0. The van der Waals surface area contributed by atoms with Gasteiger partial charge in [0.25, 0.3) is 20.1 Å². The second kappa shape index (κ2) is 24.0. The molecule has 0 aliphatic carbocycles. The van der Waals surface area contributed by atoms with Crippen molar-refractivity contribution in [1.29, 1.82) is 0 Å². The van der Waals surface area contributed by atoms with Crippen LogP contribution in [-0.2, 0) is 0 Å². The normalized spacial score (nSPS) is 13.1. The summed E-state index contributed by atoms with van der Waals surface area (Å²) in [6.07, 6.45) is 0. The highest BCUT2D eigenvalue weighted by molar-refractivity contribution is 7.03. The molecule has 6 aliphatic rings. The van der Waals surface area contributed by atoms with Crippen molar-refractivity contribution in [2.24, 2.45) is 0 Å². The molecule has 0 amide bonds. The average molecular weight is 1380 g/mol. The van der Waals surface area contributed by atoms with Gasteiger partial charge in [0.05, 0.1) is 17.1 Å². The number of nitrogens with zero attached hydrogens (tertiary/aromatic N) is 5. The quantitative estimate of drug-likeness (QED) is 0.0931. The van der Waals surface area contributed by atoms with Crippen molar-refractivity contribution in [3.8, 4) is 46.0 Å². The minimum Gasteiger partial charge on any atom is -0.458 e. The first-order chi connectivity index (χ1) is 52.2. The van der Waals surface area contributed by atoms with Crippen LogP contribution < -0.4 is 92.6 Å². The van der Waals surface area contributed by atoms with Crippen LogP contribution in [0.2, 0.25) is 0 Å². The molecule has 0 unspecified atom stereocenters. The van der Waals surface area contributed by atoms with Crippen LogP contribution in [0.4, 0.5) is 103 Å². The van der Waals surface area contributed by atoms with Crippen molar-refractivity contribution in [3.63, 3.8) is 0 Å². The Balaban J connectivity index is 0.860. The smallest absolute Gasteiger partial charge is 0.260 e. The van der Waals surface area contributed by atoms with E-state index in [2.05, 4.69) is 94.7 Å². The Labute approximate surface area is 609 Å². The van der Waals surface area contributed by atoms with Crippen molar-refractivity contribution in [3.05, 3.63) is 351 Å². The molecule has 6 heterocycles. The number of anilines is 15. The van der Waals surface area contributed by atoms with Crippen LogP contribution in [0.25, 0.3) is 0 Å². The second-order valence-corrected chi connectivity index (χ2v) is 27.1. The van der Waals surface area contributed by atoms with Crippen LogP contribution in [0.5, 0.6) is 46.0 Å². The van der Waals surface area contributed by atoms with Crippen molar-refractivity contribution < 1.29 is 36.5 Å². The van der Waals surface area contributed by atoms with Gasteiger partial charge in [0.15, 0.2) is 0 Å². The van der Waals surface area contributed by atoms with Gasteiger partial charge in [0.2, 0.25) is 0 Å². The lowest BCUT2D eigenvalue weighted by Crippen LogP contribution is -2.65. The summed E-state index contributed by atoms with van der Waals surface area (Å²) in [4.78, 5) is 9.65. The van der Waals surface area contributed by atoms with Gasteiger partial charge in [-0.1, -0.05) is 170 Å². The summed E-state index contributed by atoms with van der Waals surface area (Å²) < 4.78 is 101. The molecule has 0 bridgehead atoms. The van der Waals surface area contributed by atoms with E-state index >= 15 is 17.6 Å². The zero-order valence-electron chi connectivity index (χ0n) is 56.3. The predicted molar refractivity (Wildman–Crippen MR) is 420 cm³/mol. The van der Waals surface area contributed by atoms with Crippen molar-refractivity contribution in [2.45, 2.75) is 0 Å². The van der Waals surface area contributed by atoms with Gasteiger partial charge in [-0.3, -0.25) is 0 Å². The Morgan fingerprint density at radius 1 is 0.208 bits per heavy atom. The van der Waals surface area contributed by atoms with Crippen LogP contribution in [0.15, 0.2) is 328 Å². The molecule has 21 rings (SSSR count). The van der Waals surface area contributed by atoms with Gasteiger partial charge in [-0.05, 0) is 160 Å². The van der Waals surface area contributed by atoms with E-state index in [0.29, 0.717) is 90.8 Å². The van der Waals surface area contributed by atoms with Gasteiger partial charge in [-0.15, -0.1) is 0 Å². The number of ether oxygens (including phenoxy) is 4. The molecule has 0 fully saturated rings. The third-order valence-corrected chi connectivity index (χ3v) is 21.2. The van der Waals surface area contributed by atoms with E-state index in [-0.39, 0.29) is 11.4 Å². The standard InChI is InChI=1S/C90H54B3F4N5O4/c94-70-39-23-40-71(95)89(70)101-74-53-80-68(91-64-37-19-21-43-78(64)103-82-47-62(49-84(105-80)87(82)91)99(57-29-11-3-12-30-57)58-31-13-4-14-32-58)51-66(74)93-67-52-69-81(106-85-50-63(48-83-88(85)92(69)65-38-20-22-44-79(65)104-83)100(59-33-15-5-16-34-59)60-35-17-6-18-36-60)54-75(67)102(90-72(96)41-24-42-73(90)97)77-46-61(45-76(101)86(77)93)98(55-25-7-1-8-26-55)56-27-9-2-10-28-56/h1-54H. The van der Waals surface area contributed by atoms with Gasteiger partial charge in [0, 0.05) is 104 Å². The van der Waals surface area contributed by atoms with E-state index in [1.165, 1.54) is 36.4 Å². The Kier molecular flexibility index (Phi) is 13.8. The molecule has 106 heavy (non-hydrogen) atoms. The first-order valence-electron chi connectivity index (χ1n) is 35.2. The molecule has 0 saturated carbocycles. The number of benzene rings is 15. The maximum absolute atomic E-state index is 18.0. The molecule has 16 heteroatoms. The fourth-order valence-electron chi connectivity index (χ4n) is 16.9. The molecule has 0 N–H and O–H groups in total. The molecule has 6 aliphatic heterocycles. The van der Waals surface area contributed by atoms with E-state index in [9.17, 15) is 0 Å². The lowest BCUT2D eigenvalue weighted by atomic mass is 9.29. The van der Waals surface area contributed by atoms with Crippen LogP contribution in [0.1, 0.15) is 0 Å². The van der Waals surface area contributed by atoms with E-state index in [1.54, 1.807) is 9.80 Å². The maximum atomic E-state index is 18.0. The summed E-state index contributed by atoms with van der Waals surface area (Å²) in [5, 5.41) is 0. The lowest BCUT2D eigenvalue weighted by Gasteiger charge is -2.46. The van der Waals surface area contributed by atoms with Gasteiger partial charge in [0.1, 0.15) is 80.6 Å². The number of para-hydroxylation sites is 10. The largest absolute Gasteiger partial charge is 0.458 e. The fraction of sp³-hybridized carbons (Fsp3) is 0. The predicted octanol–water partition coefficient (Wildman–Crippen LogP) is 18.2. The van der Waals surface area contributed by atoms with E-state index < -0.39 is 43.4 Å². The first kappa shape index (κ1) is 61.1. The highest BCUT2D eigenvalue weighted by Crippen LogP contribution is 2.53. The minimum absolute atomic E-state index is 0.337. The Morgan fingerprint density at radius 2 is 0.481 bits per heavy atom. The topological polar surface area (TPSA) is 53.1 Å². The number of halogens is 4. The SMILES string of the molecule is Fc1cccc(F)c1N1c2cc3c(cc2B2c4cc5c(cc4N(c4c(F)cccc4F)c4cc(N(c6ccccc6)c6ccccc6)cc1c42)Oc1cc(N(c2ccccc2)c2ccccc2)cc2c1B5c1ccccc1O2)B1c2ccccc2Oc2cc(N(c4ccccc4)c4ccccc4)cc(c21)O3. The summed E-state index contributed by atoms with van der Waals surface area (Å²) in [6.45, 7) is -1.89. The third kappa shape index (κ3) is 9.46. The maximum Gasteiger partial charge on any atom is 0.260 e. The highest BCUT2D eigenvalue weighted by Gasteiger charge is 2.51. The monoisotopic (exact) mass is 1380 g/mol. The highest BCUT2D eigenvalue weighted by atomic mass is 19.1. The summed E-state index contributed by atoms with van der Waals surface area (Å²) >= 11 is 0. The molecule has 15 aromatic rings. The van der Waals surface area contributed by atoms with Gasteiger partial charge < -0.3 is 43.4 Å². The van der Waals surface area contributed by atoms with E-state index in [4.69, 9.17) is 18.9 Å². The van der Waals surface area contributed by atoms with Crippen molar-refractivity contribution in [2.75, 3.05) is 24.5 Å². The summed E-state index contributed by atoms with van der Waals surface area (Å²) in [5.41, 5.74) is 14.5. The summed E-state index contributed by atoms with van der Waals surface area (Å²) in [5.74, 6) is 0.969. The molecule has 0 atom stereocenters. The molecule has 0 radical (unpaired) electrons. The van der Waals surface area contributed by atoms with Gasteiger partial charge >= 0.3 is 0 Å². The van der Waals surface area contributed by atoms with Crippen LogP contribution in [0.3, 0.4) is 0 Å². The molecule has 0 spiro atoms. The molecule has 0 saturated heterocycles. The van der Waals surface area contributed by atoms with Crippen LogP contribution in [0, 0.1) is 23.3 Å². The lowest BCUT2D eigenvalue weighted by molar-refractivity contribution is 0.464. The minimum atomic E-state index is -0.856. The molecular formula is C90H54B3F4N5O4. The third-order valence-electron chi connectivity index (χ3n) is 21.2. The van der Waals surface area contributed by atoms with Gasteiger partial charge in [-0.25, -0.2) is 17.6 Å². The van der Waals surface area contributed by atoms with Crippen LogP contribution >= 0.6 is 0 Å². The zero-order chi connectivity index (χ0) is 70.4. The first-order valence-corrected chi connectivity index (χ1v) is 35.2. The molecule has 15 aromatic carbocycles. The Hall–Kier alpha value is -13.6. The number of fused-ring (bicyclic) bond motifs is 12. The Morgan fingerprint density at radius 3 is 0.802 bits per heavy atom. The number of hydrogen-bond acceptors (Lipinski definition) is 9. The van der Waals surface area contributed by atoms with Crippen molar-refractivity contribution >= 4 is 155 Å². The van der Waals surface area contributed by atoms with Gasteiger partial charge in [-0.2, -0.15) is 0 Å². The summed E-state index contributed by atoms with van der Waals surface area (Å²) in [7, 11) is 0. The molecule has 500 valence electrons. The zero-order valence-corrected chi connectivity index (χ0v) is 56.3. The summed E-state index contributed by atoms with van der Waals surface area (Å²) in [6, 6.07) is 104.